The summed E-state index contributed by atoms with van der Waals surface area (Å²) in [6.45, 7) is 2.46. The molecule has 0 radical (unpaired) electrons. The number of rotatable bonds is 12. The van der Waals surface area contributed by atoms with Crippen molar-refractivity contribution in [2.24, 2.45) is 0 Å². The first-order valence-corrected chi connectivity index (χ1v) is 14.1. The van der Waals surface area contributed by atoms with Gasteiger partial charge < -0.3 is 9.47 Å². The summed E-state index contributed by atoms with van der Waals surface area (Å²) >= 11 is 4.46. The Morgan fingerprint density at radius 1 is 0.871 bits per heavy atom. The van der Waals surface area contributed by atoms with E-state index in [0.29, 0.717) is 5.92 Å². The highest BCUT2D eigenvalue weighted by Crippen LogP contribution is 2.52. The molecule has 0 saturated heterocycles. The summed E-state index contributed by atoms with van der Waals surface area (Å²) in [6.07, 6.45) is 10.8. The number of hydrogen-bond acceptors (Lipinski definition) is 3. The van der Waals surface area contributed by atoms with Crippen LogP contribution in [0.3, 0.4) is 0 Å². The van der Waals surface area contributed by atoms with Gasteiger partial charge in [-0.25, -0.2) is 0 Å². The number of fused-ring (bicyclic) bond motifs is 1. The molecule has 2 aromatic carbocycles. The molecule has 0 bridgehead atoms. The van der Waals surface area contributed by atoms with E-state index in [0.717, 1.165) is 17.3 Å². The molecule has 0 aromatic heterocycles. The lowest BCUT2D eigenvalue weighted by molar-refractivity contribution is 0.369. The predicted octanol–water partition coefficient (Wildman–Crippen LogP) is 8.41. The summed E-state index contributed by atoms with van der Waals surface area (Å²) in [5, 5.41) is 0. The van der Waals surface area contributed by atoms with Gasteiger partial charge >= 0.3 is 0 Å². The number of alkyl halides is 1. The lowest BCUT2D eigenvalue weighted by Gasteiger charge is -2.43. The first kappa shape index (κ1) is 24.8. The molecule has 4 heteroatoms. The van der Waals surface area contributed by atoms with Crippen LogP contribution in [0.4, 0.5) is 0 Å². The lowest BCUT2D eigenvalue weighted by Crippen LogP contribution is -2.36. The van der Waals surface area contributed by atoms with Gasteiger partial charge in [0.25, 0.3) is 0 Å². The fraction of sp³-hybridized carbons (Fsp3) is 0.556. The average Bonchev–Trinajstić information content (AvgIpc) is 2.81. The summed E-state index contributed by atoms with van der Waals surface area (Å²) in [6, 6.07) is 15.5. The summed E-state index contributed by atoms with van der Waals surface area (Å²) in [7, 11) is 3.50. The quantitative estimate of drug-likeness (QED) is 0.150. The Hall–Kier alpha value is -0.880. The van der Waals surface area contributed by atoms with Gasteiger partial charge in [-0.1, -0.05) is 86.2 Å². The number of unbranched alkanes of at least 4 members (excludes halogenated alkanes) is 6. The third kappa shape index (κ3) is 6.34. The van der Waals surface area contributed by atoms with Crippen LogP contribution in [-0.2, 0) is 5.41 Å². The maximum Gasteiger partial charge on any atom is 0.119 e. The van der Waals surface area contributed by atoms with E-state index in [1.165, 1.54) is 71.8 Å². The van der Waals surface area contributed by atoms with Crippen molar-refractivity contribution in [2.75, 3.05) is 24.4 Å². The standard InChI is InChI=1S/C27H37IO2S/c1-27(21-12-14-22(29-2)15-13-21)20-31-26-19-23(30-3)16-17-24(26)25(27)11-9-7-5-4-6-8-10-18-28/h12-17,19,25H,4-11,18,20H2,1-3H3. The van der Waals surface area contributed by atoms with Gasteiger partial charge in [-0.05, 0) is 58.6 Å². The van der Waals surface area contributed by atoms with Gasteiger partial charge in [0.2, 0.25) is 0 Å². The highest BCUT2D eigenvalue weighted by Gasteiger charge is 2.41. The predicted molar refractivity (Wildman–Crippen MR) is 143 cm³/mol. The molecule has 2 atom stereocenters. The van der Waals surface area contributed by atoms with Gasteiger partial charge in [-0.15, -0.1) is 11.8 Å². The smallest absolute Gasteiger partial charge is 0.119 e. The molecular formula is C27H37IO2S. The summed E-state index contributed by atoms with van der Waals surface area (Å²) < 4.78 is 12.2. The zero-order chi connectivity index (χ0) is 22.1. The highest BCUT2D eigenvalue weighted by molar-refractivity contribution is 14.1. The van der Waals surface area contributed by atoms with Crippen LogP contribution in [0.2, 0.25) is 0 Å². The van der Waals surface area contributed by atoms with Crippen molar-refractivity contribution >= 4 is 34.4 Å². The van der Waals surface area contributed by atoms with Crippen LogP contribution < -0.4 is 9.47 Å². The molecule has 31 heavy (non-hydrogen) atoms. The number of halogens is 1. The molecule has 0 fully saturated rings. The Bertz CT molecular complexity index is 807. The zero-order valence-corrected chi connectivity index (χ0v) is 22.3. The molecule has 2 unspecified atom stereocenters. The number of benzene rings is 2. The van der Waals surface area contributed by atoms with Crippen molar-refractivity contribution in [2.45, 2.75) is 74.5 Å². The van der Waals surface area contributed by atoms with Crippen LogP contribution in [0.15, 0.2) is 47.4 Å². The van der Waals surface area contributed by atoms with E-state index in [1.807, 2.05) is 11.8 Å². The Morgan fingerprint density at radius 2 is 1.48 bits per heavy atom. The maximum absolute atomic E-state index is 5.50. The molecule has 2 aromatic rings. The van der Waals surface area contributed by atoms with E-state index < -0.39 is 0 Å². The largest absolute Gasteiger partial charge is 0.497 e. The fourth-order valence-corrected chi connectivity index (χ4v) is 6.72. The van der Waals surface area contributed by atoms with Crippen LogP contribution in [-0.4, -0.2) is 24.4 Å². The second-order valence-electron chi connectivity index (χ2n) is 8.84. The van der Waals surface area contributed by atoms with E-state index in [4.69, 9.17) is 9.47 Å². The van der Waals surface area contributed by atoms with Crippen LogP contribution in [0.1, 0.15) is 75.3 Å². The minimum Gasteiger partial charge on any atom is -0.497 e. The molecule has 0 saturated carbocycles. The number of thioether (sulfide) groups is 1. The topological polar surface area (TPSA) is 18.5 Å². The normalized spacial score (nSPS) is 20.3. The first-order chi connectivity index (χ1) is 15.1. The van der Waals surface area contributed by atoms with Crippen LogP contribution >= 0.6 is 34.4 Å². The summed E-state index contributed by atoms with van der Waals surface area (Å²) in [4.78, 5) is 1.40. The monoisotopic (exact) mass is 552 g/mol. The van der Waals surface area contributed by atoms with Crippen LogP contribution in [0.5, 0.6) is 11.5 Å². The SMILES string of the molecule is COc1ccc(C2(C)CSc3cc(OC)ccc3C2CCCCCCCCCI)cc1. The Kier molecular flexibility index (Phi) is 9.89. The van der Waals surface area contributed by atoms with Crippen molar-refractivity contribution in [3.05, 3.63) is 53.6 Å². The molecular weight excluding hydrogens is 515 g/mol. The third-order valence-electron chi connectivity index (χ3n) is 6.77. The van der Waals surface area contributed by atoms with E-state index in [9.17, 15) is 0 Å². The lowest BCUT2D eigenvalue weighted by atomic mass is 9.68. The number of methoxy groups -OCH3 is 2. The highest BCUT2D eigenvalue weighted by atomic mass is 127. The van der Waals surface area contributed by atoms with E-state index in [-0.39, 0.29) is 5.41 Å². The van der Waals surface area contributed by atoms with Gasteiger partial charge in [0.1, 0.15) is 11.5 Å². The molecule has 2 nitrogen and oxygen atoms in total. The van der Waals surface area contributed by atoms with Gasteiger partial charge in [0, 0.05) is 16.1 Å². The van der Waals surface area contributed by atoms with Gasteiger partial charge in [-0.2, -0.15) is 0 Å². The van der Waals surface area contributed by atoms with Gasteiger partial charge in [-0.3, -0.25) is 0 Å². The van der Waals surface area contributed by atoms with Gasteiger partial charge in [0.15, 0.2) is 0 Å². The molecule has 0 spiro atoms. The second-order valence-corrected chi connectivity index (χ2v) is 10.9. The van der Waals surface area contributed by atoms with E-state index in [1.54, 1.807) is 14.2 Å². The molecule has 0 N–H and O–H groups in total. The molecule has 3 rings (SSSR count). The Morgan fingerprint density at radius 3 is 2.13 bits per heavy atom. The molecule has 170 valence electrons. The zero-order valence-electron chi connectivity index (χ0n) is 19.3. The van der Waals surface area contributed by atoms with Crippen molar-refractivity contribution in [3.63, 3.8) is 0 Å². The van der Waals surface area contributed by atoms with E-state index >= 15 is 0 Å². The van der Waals surface area contributed by atoms with Crippen molar-refractivity contribution < 1.29 is 9.47 Å². The van der Waals surface area contributed by atoms with Crippen LogP contribution in [0, 0.1) is 0 Å². The van der Waals surface area contributed by atoms with Gasteiger partial charge in [0.05, 0.1) is 14.2 Å². The Balaban J connectivity index is 1.74. The third-order valence-corrected chi connectivity index (χ3v) is 8.94. The molecule has 0 amide bonds. The average molecular weight is 553 g/mol. The molecule has 0 aliphatic carbocycles. The second kappa shape index (κ2) is 12.4. The molecule has 1 aliphatic heterocycles. The van der Waals surface area contributed by atoms with Crippen LogP contribution in [0.25, 0.3) is 0 Å². The summed E-state index contributed by atoms with van der Waals surface area (Å²) in [5.41, 5.74) is 3.04. The number of hydrogen-bond donors (Lipinski definition) is 0. The number of ether oxygens (including phenoxy) is 2. The Labute approximate surface area is 207 Å². The molecule has 1 aliphatic rings. The first-order valence-electron chi connectivity index (χ1n) is 11.6. The maximum atomic E-state index is 5.50. The van der Waals surface area contributed by atoms with E-state index in [2.05, 4.69) is 72.0 Å². The molecule has 1 heterocycles. The minimum atomic E-state index is 0.124. The summed E-state index contributed by atoms with van der Waals surface area (Å²) in [5.74, 6) is 3.52. The van der Waals surface area contributed by atoms with Crippen molar-refractivity contribution in [3.8, 4) is 11.5 Å². The fourth-order valence-electron chi connectivity index (χ4n) is 4.78. The minimum absolute atomic E-state index is 0.124. The van der Waals surface area contributed by atoms with Crippen molar-refractivity contribution in [1.82, 2.24) is 0 Å². The van der Waals surface area contributed by atoms with Crippen molar-refractivity contribution in [1.29, 1.82) is 0 Å².